The van der Waals surface area contributed by atoms with Crippen LogP contribution in [0.3, 0.4) is 0 Å². The predicted molar refractivity (Wildman–Crippen MR) is 118 cm³/mol. The molecule has 0 fully saturated rings. The molecule has 0 saturated carbocycles. The summed E-state index contributed by atoms with van der Waals surface area (Å²) >= 11 is 0. The summed E-state index contributed by atoms with van der Waals surface area (Å²) < 4.78 is 16.4. The molecule has 0 N–H and O–H groups in total. The van der Waals surface area contributed by atoms with Gasteiger partial charge >= 0.3 is 0 Å². The molecule has 0 saturated heterocycles. The van der Waals surface area contributed by atoms with Gasteiger partial charge in [0, 0.05) is 22.9 Å². The first-order valence-corrected chi connectivity index (χ1v) is 9.99. The van der Waals surface area contributed by atoms with Crippen molar-refractivity contribution in [2.24, 2.45) is 0 Å². The minimum Gasteiger partial charge on any atom is -0.497 e. The van der Waals surface area contributed by atoms with Crippen molar-refractivity contribution < 1.29 is 23.5 Å². The Labute approximate surface area is 180 Å². The zero-order valence-corrected chi connectivity index (χ0v) is 17.6. The molecule has 0 aliphatic rings. The average molecular weight is 414 g/mol. The SMILES string of the molecule is CCc1oc2ccccc2c1C(=O)c1ccc(OC)c(C(=O)c2ccc(OC)cc2)c1. The lowest BCUT2D eigenvalue weighted by Crippen LogP contribution is -2.09. The predicted octanol–water partition coefficient (Wildman–Crippen LogP) is 5.47. The van der Waals surface area contributed by atoms with Gasteiger partial charge in [-0.1, -0.05) is 25.1 Å². The Hall–Kier alpha value is -3.86. The van der Waals surface area contributed by atoms with Crippen molar-refractivity contribution in [2.75, 3.05) is 14.2 Å². The lowest BCUT2D eigenvalue weighted by atomic mass is 9.95. The van der Waals surface area contributed by atoms with Crippen molar-refractivity contribution in [3.05, 3.63) is 94.7 Å². The third-order valence-corrected chi connectivity index (χ3v) is 5.28. The quantitative estimate of drug-likeness (QED) is 0.375. The summed E-state index contributed by atoms with van der Waals surface area (Å²) in [4.78, 5) is 26.6. The number of para-hydroxylation sites is 1. The van der Waals surface area contributed by atoms with Crippen LogP contribution in [0.15, 0.2) is 71.1 Å². The molecule has 31 heavy (non-hydrogen) atoms. The number of rotatable bonds is 7. The number of benzene rings is 3. The van der Waals surface area contributed by atoms with E-state index in [0.29, 0.717) is 51.5 Å². The molecule has 0 aliphatic heterocycles. The maximum atomic E-state index is 13.5. The molecule has 1 aromatic heterocycles. The van der Waals surface area contributed by atoms with Gasteiger partial charge in [-0.15, -0.1) is 0 Å². The van der Waals surface area contributed by atoms with Crippen LogP contribution in [0.2, 0.25) is 0 Å². The number of hydrogen-bond acceptors (Lipinski definition) is 5. The summed E-state index contributed by atoms with van der Waals surface area (Å²) in [5.41, 5.74) is 2.41. The Kier molecular flexibility index (Phi) is 5.58. The van der Waals surface area contributed by atoms with Gasteiger partial charge in [0.05, 0.1) is 25.3 Å². The first kappa shape index (κ1) is 20.4. The van der Waals surface area contributed by atoms with Gasteiger partial charge in [0.15, 0.2) is 11.6 Å². The fraction of sp³-hybridized carbons (Fsp3) is 0.154. The summed E-state index contributed by atoms with van der Waals surface area (Å²) in [5.74, 6) is 1.27. The monoisotopic (exact) mass is 414 g/mol. The van der Waals surface area contributed by atoms with Crippen molar-refractivity contribution >= 4 is 22.5 Å². The number of fused-ring (bicyclic) bond motifs is 1. The highest BCUT2D eigenvalue weighted by molar-refractivity contribution is 6.18. The van der Waals surface area contributed by atoms with Gasteiger partial charge in [0.1, 0.15) is 22.8 Å². The number of hydrogen-bond donors (Lipinski definition) is 0. The Morgan fingerprint density at radius 3 is 2.23 bits per heavy atom. The summed E-state index contributed by atoms with van der Waals surface area (Å²) in [6.07, 6.45) is 0.587. The maximum Gasteiger partial charge on any atom is 0.197 e. The summed E-state index contributed by atoms with van der Waals surface area (Å²) in [6, 6.07) is 19.2. The molecule has 0 amide bonds. The first-order valence-electron chi connectivity index (χ1n) is 9.99. The van der Waals surface area contributed by atoms with Gasteiger partial charge in [0.25, 0.3) is 0 Å². The number of aryl methyl sites for hydroxylation is 1. The molecule has 3 aromatic carbocycles. The Bertz CT molecular complexity index is 1260. The topological polar surface area (TPSA) is 65.7 Å². The molecule has 5 nitrogen and oxygen atoms in total. The Balaban J connectivity index is 1.79. The number of ether oxygens (including phenoxy) is 2. The lowest BCUT2D eigenvalue weighted by Gasteiger charge is -2.10. The minimum atomic E-state index is -0.234. The van der Waals surface area contributed by atoms with E-state index in [2.05, 4.69) is 0 Å². The van der Waals surface area contributed by atoms with Gasteiger partial charge in [-0.05, 0) is 48.5 Å². The normalized spacial score (nSPS) is 10.8. The molecule has 0 unspecified atom stereocenters. The molecule has 5 heteroatoms. The largest absolute Gasteiger partial charge is 0.497 e. The second kappa shape index (κ2) is 8.48. The zero-order valence-electron chi connectivity index (χ0n) is 17.6. The molecular weight excluding hydrogens is 392 g/mol. The standard InChI is InChI=1S/C26H22O5/c1-4-21-24(19-7-5-6-8-23(19)31-21)26(28)17-11-14-22(30-3)20(15-17)25(27)16-9-12-18(29-2)13-10-16/h5-15H,4H2,1-3H3. The highest BCUT2D eigenvalue weighted by Gasteiger charge is 2.23. The van der Waals surface area contributed by atoms with E-state index in [4.69, 9.17) is 13.9 Å². The van der Waals surface area contributed by atoms with E-state index in [1.165, 1.54) is 7.11 Å². The van der Waals surface area contributed by atoms with Crippen molar-refractivity contribution in [3.8, 4) is 11.5 Å². The van der Waals surface area contributed by atoms with Crippen LogP contribution >= 0.6 is 0 Å². The molecule has 0 aliphatic carbocycles. The summed E-state index contributed by atoms with van der Waals surface area (Å²) in [7, 11) is 3.07. The highest BCUT2D eigenvalue weighted by Crippen LogP contribution is 2.31. The molecule has 0 spiro atoms. The molecule has 0 atom stereocenters. The fourth-order valence-electron chi connectivity index (χ4n) is 3.66. The van der Waals surface area contributed by atoms with Crippen LogP contribution < -0.4 is 9.47 Å². The van der Waals surface area contributed by atoms with E-state index in [0.717, 1.165) is 5.39 Å². The van der Waals surface area contributed by atoms with Crippen LogP contribution in [-0.2, 0) is 6.42 Å². The number of ketones is 2. The Morgan fingerprint density at radius 1 is 0.839 bits per heavy atom. The number of methoxy groups -OCH3 is 2. The van der Waals surface area contributed by atoms with Crippen molar-refractivity contribution in [3.63, 3.8) is 0 Å². The molecule has 4 rings (SSSR count). The van der Waals surface area contributed by atoms with Crippen LogP contribution in [0.5, 0.6) is 11.5 Å². The van der Waals surface area contributed by atoms with Crippen molar-refractivity contribution in [1.82, 2.24) is 0 Å². The van der Waals surface area contributed by atoms with Crippen molar-refractivity contribution in [1.29, 1.82) is 0 Å². The number of carbonyl (C=O) groups excluding carboxylic acids is 2. The molecular formula is C26H22O5. The molecule has 1 heterocycles. The van der Waals surface area contributed by atoms with E-state index < -0.39 is 0 Å². The van der Waals surface area contributed by atoms with Crippen LogP contribution in [0, 0.1) is 0 Å². The first-order chi connectivity index (χ1) is 15.1. The third kappa shape index (κ3) is 3.70. The van der Waals surface area contributed by atoms with E-state index in [9.17, 15) is 9.59 Å². The van der Waals surface area contributed by atoms with Gasteiger partial charge in [-0.2, -0.15) is 0 Å². The Morgan fingerprint density at radius 2 is 1.55 bits per heavy atom. The number of carbonyl (C=O) groups is 2. The van der Waals surface area contributed by atoms with Gasteiger partial charge < -0.3 is 13.9 Å². The van der Waals surface area contributed by atoms with E-state index in [1.807, 2.05) is 31.2 Å². The highest BCUT2D eigenvalue weighted by atomic mass is 16.5. The minimum absolute atomic E-state index is 0.187. The molecule has 0 bridgehead atoms. The smallest absolute Gasteiger partial charge is 0.197 e. The van der Waals surface area contributed by atoms with Gasteiger partial charge in [0.2, 0.25) is 0 Å². The number of furan rings is 1. The lowest BCUT2D eigenvalue weighted by molar-refractivity contribution is 0.103. The second-order valence-corrected chi connectivity index (χ2v) is 7.05. The maximum absolute atomic E-state index is 13.5. The average Bonchev–Trinajstić information content (AvgIpc) is 3.21. The molecule has 156 valence electrons. The van der Waals surface area contributed by atoms with Gasteiger partial charge in [-0.3, -0.25) is 9.59 Å². The van der Waals surface area contributed by atoms with Crippen LogP contribution in [0.1, 0.15) is 44.5 Å². The molecule has 4 aromatic rings. The second-order valence-electron chi connectivity index (χ2n) is 7.05. The van der Waals surface area contributed by atoms with Gasteiger partial charge in [-0.25, -0.2) is 0 Å². The fourth-order valence-corrected chi connectivity index (χ4v) is 3.66. The van der Waals surface area contributed by atoms with E-state index in [-0.39, 0.29) is 11.6 Å². The van der Waals surface area contributed by atoms with E-state index in [1.54, 1.807) is 49.6 Å². The summed E-state index contributed by atoms with van der Waals surface area (Å²) in [6.45, 7) is 1.95. The molecule has 0 radical (unpaired) electrons. The zero-order chi connectivity index (χ0) is 22.0. The third-order valence-electron chi connectivity index (χ3n) is 5.28. The van der Waals surface area contributed by atoms with Crippen LogP contribution in [0.25, 0.3) is 11.0 Å². The van der Waals surface area contributed by atoms with E-state index >= 15 is 0 Å². The van der Waals surface area contributed by atoms with Crippen LogP contribution in [0.4, 0.5) is 0 Å². The van der Waals surface area contributed by atoms with Crippen LogP contribution in [-0.4, -0.2) is 25.8 Å². The summed E-state index contributed by atoms with van der Waals surface area (Å²) in [5, 5.41) is 0.767. The van der Waals surface area contributed by atoms with Crippen molar-refractivity contribution in [2.45, 2.75) is 13.3 Å².